The molecule has 0 aromatic heterocycles. The number of alkyl halides is 6. The molecule has 2 fully saturated rings. The average molecular weight is 467 g/mol. The van der Waals surface area contributed by atoms with Gasteiger partial charge in [-0.3, -0.25) is 4.84 Å². The molecule has 2 atom stereocenters. The van der Waals surface area contributed by atoms with Crippen molar-refractivity contribution in [3.05, 3.63) is 69.7 Å². The number of rotatable bonds is 3. The highest BCUT2D eigenvalue weighted by molar-refractivity contribution is 6.30. The fourth-order valence-electron chi connectivity index (χ4n) is 3.82. The SMILES string of the molecule is OC1(c2ccc(C3CC(c4cc(Cl)cc(C(F)(F)F)c4)(C(F)(F)F)ON3)cc2)CNC1. The summed E-state index contributed by atoms with van der Waals surface area (Å²) in [5.41, 5.74) is -2.71. The Balaban J connectivity index is 1.67. The number of halogens is 7. The summed E-state index contributed by atoms with van der Waals surface area (Å²) in [6.07, 6.45) is -10.6. The van der Waals surface area contributed by atoms with Crippen LogP contribution in [-0.2, 0) is 22.2 Å². The lowest BCUT2D eigenvalue weighted by atomic mass is 9.83. The Morgan fingerprint density at radius 1 is 0.968 bits per heavy atom. The van der Waals surface area contributed by atoms with E-state index < -0.39 is 52.2 Å². The minimum Gasteiger partial charge on any atom is -0.382 e. The van der Waals surface area contributed by atoms with Gasteiger partial charge in [-0.25, -0.2) is 0 Å². The first-order valence-electron chi connectivity index (χ1n) is 9.26. The summed E-state index contributed by atoms with van der Waals surface area (Å²) in [4.78, 5) is 4.95. The molecule has 2 aromatic rings. The van der Waals surface area contributed by atoms with E-state index in [1.165, 1.54) is 0 Å². The van der Waals surface area contributed by atoms with Crippen molar-refractivity contribution in [2.45, 2.75) is 36.0 Å². The third-order valence-electron chi connectivity index (χ3n) is 5.70. The van der Waals surface area contributed by atoms with E-state index in [9.17, 15) is 31.4 Å². The number of hydrogen-bond donors (Lipinski definition) is 3. The number of benzene rings is 2. The fraction of sp³-hybridized carbons (Fsp3) is 0.400. The number of hydrogen-bond acceptors (Lipinski definition) is 4. The first-order valence-corrected chi connectivity index (χ1v) is 9.64. The minimum atomic E-state index is -5.02. The van der Waals surface area contributed by atoms with Gasteiger partial charge in [0.15, 0.2) is 0 Å². The van der Waals surface area contributed by atoms with E-state index in [1.54, 1.807) is 24.3 Å². The molecule has 2 aromatic carbocycles. The number of β-amino-alcohol motifs (C(OH)–C–C–N with tert-alkyl or cyclic N) is 1. The molecule has 2 heterocycles. The second-order valence-corrected chi connectivity index (χ2v) is 8.22. The number of hydroxylamine groups is 1. The monoisotopic (exact) mass is 466 g/mol. The van der Waals surface area contributed by atoms with Gasteiger partial charge in [0.05, 0.1) is 11.6 Å². The number of aliphatic hydroxyl groups is 1. The highest BCUT2D eigenvalue weighted by atomic mass is 35.5. The summed E-state index contributed by atoms with van der Waals surface area (Å²) in [6, 6.07) is 7.17. The number of nitrogens with one attached hydrogen (secondary N) is 2. The van der Waals surface area contributed by atoms with Crippen molar-refractivity contribution in [2.24, 2.45) is 0 Å². The van der Waals surface area contributed by atoms with Gasteiger partial charge in [0.2, 0.25) is 5.60 Å². The minimum absolute atomic E-state index is 0.366. The Morgan fingerprint density at radius 3 is 2.13 bits per heavy atom. The molecule has 0 bridgehead atoms. The molecule has 2 aliphatic rings. The molecule has 2 aliphatic heterocycles. The van der Waals surface area contributed by atoms with Gasteiger partial charge in [0, 0.05) is 24.5 Å². The van der Waals surface area contributed by atoms with Crippen LogP contribution in [0.15, 0.2) is 42.5 Å². The third kappa shape index (κ3) is 3.91. The van der Waals surface area contributed by atoms with Crippen LogP contribution >= 0.6 is 11.6 Å². The molecule has 0 aliphatic carbocycles. The van der Waals surface area contributed by atoms with Crippen LogP contribution in [-0.4, -0.2) is 24.4 Å². The van der Waals surface area contributed by atoms with Crippen molar-refractivity contribution in [3.8, 4) is 0 Å². The summed E-state index contributed by atoms with van der Waals surface area (Å²) in [6.45, 7) is 0.731. The lowest BCUT2D eigenvalue weighted by Gasteiger charge is -2.38. The lowest BCUT2D eigenvalue weighted by Crippen LogP contribution is -2.56. The first kappa shape index (κ1) is 22.3. The molecule has 2 unspecified atom stereocenters. The van der Waals surface area contributed by atoms with Crippen LogP contribution in [0.1, 0.15) is 34.7 Å². The second kappa shape index (κ2) is 7.35. The zero-order valence-corrected chi connectivity index (χ0v) is 16.5. The predicted molar refractivity (Wildman–Crippen MR) is 99.0 cm³/mol. The fourth-order valence-corrected chi connectivity index (χ4v) is 4.06. The van der Waals surface area contributed by atoms with Gasteiger partial charge in [-0.2, -0.15) is 31.8 Å². The van der Waals surface area contributed by atoms with Crippen molar-refractivity contribution < 1.29 is 36.3 Å². The molecule has 11 heteroatoms. The van der Waals surface area contributed by atoms with E-state index in [1.807, 2.05) is 0 Å². The molecule has 31 heavy (non-hydrogen) atoms. The van der Waals surface area contributed by atoms with Gasteiger partial charge in [0.25, 0.3) is 0 Å². The van der Waals surface area contributed by atoms with Crippen molar-refractivity contribution >= 4 is 11.6 Å². The standard InChI is InChI=1S/C20H17ClF6N2O2/c21-15-6-13(5-14(7-15)19(22,23)24)18(20(25,26)27)8-16(29-31-18)11-1-3-12(4-2-11)17(30)9-28-10-17/h1-7,16,28-30H,8-10H2. The maximum Gasteiger partial charge on any atom is 0.423 e. The van der Waals surface area contributed by atoms with Gasteiger partial charge in [-0.15, -0.1) is 0 Å². The van der Waals surface area contributed by atoms with E-state index in [4.69, 9.17) is 16.4 Å². The smallest absolute Gasteiger partial charge is 0.382 e. The van der Waals surface area contributed by atoms with E-state index in [-0.39, 0.29) is 0 Å². The molecule has 4 rings (SSSR count). The quantitative estimate of drug-likeness (QED) is 0.580. The Kier molecular flexibility index (Phi) is 5.30. The molecule has 2 saturated heterocycles. The van der Waals surface area contributed by atoms with Crippen LogP contribution in [0.25, 0.3) is 0 Å². The van der Waals surface area contributed by atoms with Crippen LogP contribution in [0, 0.1) is 0 Å². The molecule has 3 N–H and O–H groups in total. The molecule has 168 valence electrons. The van der Waals surface area contributed by atoms with Gasteiger partial charge in [-0.1, -0.05) is 35.9 Å². The first-order chi connectivity index (χ1) is 14.3. The molecule has 0 spiro atoms. The Hall–Kier alpha value is -1.85. The van der Waals surface area contributed by atoms with E-state index >= 15 is 0 Å². The normalized spacial score (nSPS) is 26.0. The highest BCUT2D eigenvalue weighted by Crippen LogP contribution is 2.52. The molecule has 0 saturated carbocycles. The van der Waals surface area contributed by atoms with Crippen LogP contribution in [0.3, 0.4) is 0 Å². The van der Waals surface area contributed by atoms with Gasteiger partial charge < -0.3 is 10.4 Å². The summed E-state index contributed by atoms with van der Waals surface area (Å²) in [5.74, 6) is 0. The summed E-state index contributed by atoms with van der Waals surface area (Å²) < 4.78 is 81.7. The molecular weight excluding hydrogens is 450 g/mol. The Morgan fingerprint density at radius 2 is 1.61 bits per heavy atom. The largest absolute Gasteiger partial charge is 0.423 e. The summed E-state index contributed by atoms with van der Waals surface area (Å²) in [7, 11) is 0. The van der Waals surface area contributed by atoms with E-state index in [0.29, 0.717) is 36.3 Å². The van der Waals surface area contributed by atoms with Crippen LogP contribution < -0.4 is 10.8 Å². The van der Waals surface area contributed by atoms with E-state index in [0.717, 1.165) is 6.07 Å². The van der Waals surface area contributed by atoms with Crippen molar-refractivity contribution in [1.29, 1.82) is 0 Å². The molecular formula is C20H17ClF6N2O2. The zero-order chi connectivity index (χ0) is 22.7. The van der Waals surface area contributed by atoms with Crippen LogP contribution in [0.4, 0.5) is 26.3 Å². The average Bonchev–Trinajstić information content (AvgIpc) is 3.12. The van der Waals surface area contributed by atoms with Gasteiger partial charge >= 0.3 is 12.4 Å². The highest BCUT2D eigenvalue weighted by Gasteiger charge is 2.62. The maximum absolute atomic E-state index is 14.1. The Labute approximate surface area is 178 Å². The maximum atomic E-state index is 14.1. The zero-order valence-electron chi connectivity index (χ0n) is 15.7. The van der Waals surface area contributed by atoms with Gasteiger partial charge in [-0.05, 0) is 34.9 Å². The van der Waals surface area contributed by atoms with E-state index in [2.05, 4.69) is 10.8 Å². The van der Waals surface area contributed by atoms with Crippen LogP contribution in [0.5, 0.6) is 0 Å². The van der Waals surface area contributed by atoms with Crippen LogP contribution in [0.2, 0.25) is 5.02 Å². The van der Waals surface area contributed by atoms with Crippen molar-refractivity contribution in [3.63, 3.8) is 0 Å². The summed E-state index contributed by atoms with van der Waals surface area (Å²) >= 11 is 5.71. The topological polar surface area (TPSA) is 53.5 Å². The third-order valence-corrected chi connectivity index (χ3v) is 5.92. The lowest BCUT2D eigenvalue weighted by molar-refractivity contribution is -0.282. The van der Waals surface area contributed by atoms with Gasteiger partial charge in [0.1, 0.15) is 5.60 Å². The second-order valence-electron chi connectivity index (χ2n) is 7.78. The molecule has 4 nitrogen and oxygen atoms in total. The molecule has 0 amide bonds. The van der Waals surface area contributed by atoms with Crippen molar-refractivity contribution in [1.82, 2.24) is 10.8 Å². The predicted octanol–water partition coefficient (Wildman–Crippen LogP) is 4.57. The summed E-state index contributed by atoms with van der Waals surface area (Å²) in [5, 5.41) is 12.8. The van der Waals surface area contributed by atoms with Crippen molar-refractivity contribution in [2.75, 3.05) is 13.1 Å². The Bertz CT molecular complexity index is 975. The molecule has 0 radical (unpaired) electrons.